The zero-order valence-electron chi connectivity index (χ0n) is 11.3. The summed E-state index contributed by atoms with van der Waals surface area (Å²) in [5, 5.41) is 11.1. The van der Waals surface area contributed by atoms with Gasteiger partial charge in [0.2, 0.25) is 0 Å². The lowest BCUT2D eigenvalue weighted by Gasteiger charge is -2.30. The van der Waals surface area contributed by atoms with Crippen LogP contribution in [-0.4, -0.2) is 11.2 Å². The molecule has 0 bridgehead atoms. The maximum absolute atomic E-state index is 10.3. The highest BCUT2D eigenvalue weighted by Gasteiger charge is 2.25. The summed E-state index contributed by atoms with van der Waals surface area (Å²) < 4.78 is 0. The monoisotopic (exact) mass is 266 g/mol. The van der Waals surface area contributed by atoms with E-state index in [1.54, 1.807) is 0 Å². The molecule has 1 aliphatic carbocycles. The topological polar surface area (TPSA) is 20.2 Å². The maximum atomic E-state index is 10.3. The Labute approximate surface area is 115 Å². The third kappa shape index (κ3) is 3.49. The number of aryl methyl sites for hydroxylation is 1. The molecular formula is C16H23ClO. The van der Waals surface area contributed by atoms with Crippen LogP contribution in [0.25, 0.3) is 0 Å². The molecule has 1 fully saturated rings. The van der Waals surface area contributed by atoms with E-state index in [0.717, 1.165) is 29.3 Å². The Morgan fingerprint density at radius 2 is 1.94 bits per heavy atom. The van der Waals surface area contributed by atoms with Gasteiger partial charge < -0.3 is 5.11 Å². The molecule has 1 saturated carbocycles. The summed E-state index contributed by atoms with van der Waals surface area (Å²) in [7, 11) is 0. The Balaban J connectivity index is 1.96. The molecule has 1 unspecified atom stereocenters. The molecule has 100 valence electrons. The van der Waals surface area contributed by atoms with Crippen LogP contribution in [0.4, 0.5) is 0 Å². The number of rotatable bonds is 3. The Morgan fingerprint density at radius 3 is 2.56 bits per heavy atom. The van der Waals surface area contributed by atoms with Crippen LogP contribution in [0.2, 0.25) is 5.02 Å². The molecule has 0 aromatic heterocycles. The number of hydrogen-bond donors (Lipinski definition) is 1. The molecule has 1 atom stereocenters. The molecule has 0 spiro atoms. The van der Waals surface area contributed by atoms with Crippen LogP contribution in [0, 0.1) is 18.8 Å². The number of aliphatic hydroxyl groups excluding tert-OH is 1. The summed E-state index contributed by atoms with van der Waals surface area (Å²) in [6.45, 7) is 4.34. The molecule has 0 aliphatic heterocycles. The van der Waals surface area contributed by atoms with Crippen molar-refractivity contribution in [3.8, 4) is 0 Å². The highest BCUT2D eigenvalue weighted by Crippen LogP contribution is 2.32. The molecular weight excluding hydrogens is 244 g/mol. The highest BCUT2D eigenvalue weighted by atomic mass is 35.5. The smallest absolute Gasteiger partial charge is 0.0609 e. The SMILES string of the molecule is Cc1ccc(CC(O)C2CCC(C)CC2)c(Cl)c1. The van der Waals surface area contributed by atoms with Gasteiger partial charge in [0, 0.05) is 11.4 Å². The van der Waals surface area contributed by atoms with Crippen molar-refractivity contribution >= 4 is 11.6 Å². The van der Waals surface area contributed by atoms with Crippen molar-refractivity contribution in [3.63, 3.8) is 0 Å². The second-order valence-electron chi connectivity index (χ2n) is 5.89. The van der Waals surface area contributed by atoms with Crippen molar-refractivity contribution in [3.05, 3.63) is 34.3 Å². The lowest BCUT2D eigenvalue weighted by atomic mass is 9.79. The minimum Gasteiger partial charge on any atom is -0.392 e. The van der Waals surface area contributed by atoms with Crippen LogP contribution in [0.1, 0.15) is 43.7 Å². The van der Waals surface area contributed by atoms with Gasteiger partial charge in [0.25, 0.3) is 0 Å². The lowest BCUT2D eigenvalue weighted by Crippen LogP contribution is -2.27. The number of halogens is 1. The molecule has 1 aromatic carbocycles. The van der Waals surface area contributed by atoms with Crippen molar-refractivity contribution in [1.29, 1.82) is 0 Å². The fourth-order valence-corrected chi connectivity index (χ4v) is 3.19. The number of hydrogen-bond acceptors (Lipinski definition) is 1. The van der Waals surface area contributed by atoms with E-state index in [4.69, 9.17) is 11.6 Å². The van der Waals surface area contributed by atoms with Crippen LogP contribution in [0.15, 0.2) is 18.2 Å². The summed E-state index contributed by atoms with van der Waals surface area (Å²) in [6.07, 6.45) is 5.28. The first kappa shape index (κ1) is 13.9. The molecule has 0 radical (unpaired) electrons. The predicted molar refractivity (Wildman–Crippen MR) is 77.0 cm³/mol. The Kier molecular flexibility index (Phi) is 4.69. The minimum absolute atomic E-state index is 0.238. The van der Waals surface area contributed by atoms with E-state index in [9.17, 15) is 5.11 Å². The van der Waals surface area contributed by atoms with Gasteiger partial charge in [-0.1, -0.05) is 43.5 Å². The van der Waals surface area contributed by atoms with Gasteiger partial charge in [-0.05, 0) is 48.8 Å². The van der Waals surface area contributed by atoms with Crippen LogP contribution >= 0.6 is 11.6 Å². The van der Waals surface area contributed by atoms with E-state index < -0.39 is 0 Å². The van der Waals surface area contributed by atoms with E-state index in [1.165, 1.54) is 18.4 Å². The summed E-state index contributed by atoms with van der Waals surface area (Å²) in [6, 6.07) is 6.09. The van der Waals surface area contributed by atoms with Gasteiger partial charge >= 0.3 is 0 Å². The van der Waals surface area contributed by atoms with Crippen molar-refractivity contribution in [2.45, 2.75) is 52.1 Å². The molecule has 18 heavy (non-hydrogen) atoms. The first-order chi connectivity index (χ1) is 8.56. The largest absolute Gasteiger partial charge is 0.392 e. The molecule has 0 heterocycles. The van der Waals surface area contributed by atoms with Gasteiger partial charge in [-0.3, -0.25) is 0 Å². The van der Waals surface area contributed by atoms with Gasteiger partial charge in [-0.25, -0.2) is 0 Å². The molecule has 0 amide bonds. The summed E-state index contributed by atoms with van der Waals surface area (Å²) in [5.41, 5.74) is 2.25. The Hall–Kier alpha value is -0.530. The zero-order valence-corrected chi connectivity index (χ0v) is 12.1. The van der Waals surface area contributed by atoms with Crippen LogP contribution in [0.5, 0.6) is 0 Å². The minimum atomic E-state index is -0.238. The van der Waals surface area contributed by atoms with E-state index in [1.807, 2.05) is 19.1 Å². The number of benzene rings is 1. The maximum Gasteiger partial charge on any atom is 0.0609 e. The van der Waals surface area contributed by atoms with Crippen LogP contribution in [-0.2, 0) is 6.42 Å². The van der Waals surface area contributed by atoms with Crippen LogP contribution < -0.4 is 0 Å². The van der Waals surface area contributed by atoms with Crippen molar-refractivity contribution in [2.75, 3.05) is 0 Å². The van der Waals surface area contributed by atoms with Gasteiger partial charge in [-0.15, -0.1) is 0 Å². The molecule has 1 aliphatic rings. The van der Waals surface area contributed by atoms with Crippen molar-refractivity contribution in [1.82, 2.24) is 0 Å². The van der Waals surface area contributed by atoms with E-state index in [2.05, 4.69) is 13.0 Å². The third-order valence-electron chi connectivity index (χ3n) is 4.24. The summed E-state index contributed by atoms with van der Waals surface area (Å²) in [4.78, 5) is 0. The summed E-state index contributed by atoms with van der Waals surface area (Å²) in [5.74, 6) is 1.29. The van der Waals surface area contributed by atoms with E-state index in [-0.39, 0.29) is 6.10 Å². The molecule has 1 N–H and O–H groups in total. The molecule has 2 heteroatoms. The molecule has 1 aromatic rings. The quantitative estimate of drug-likeness (QED) is 0.861. The van der Waals surface area contributed by atoms with Crippen LogP contribution in [0.3, 0.4) is 0 Å². The summed E-state index contributed by atoms with van der Waals surface area (Å²) >= 11 is 6.22. The standard InChI is InChI=1S/C16H23ClO/c1-11-3-6-13(7-4-11)16(18)10-14-8-5-12(2)9-15(14)17/h5,8-9,11,13,16,18H,3-4,6-7,10H2,1-2H3. The number of aliphatic hydroxyl groups is 1. The van der Waals surface area contributed by atoms with Gasteiger partial charge in [-0.2, -0.15) is 0 Å². The highest BCUT2D eigenvalue weighted by molar-refractivity contribution is 6.31. The average Bonchev–Trinajstić information content (AvgIpc) is 2.33. The normalized spacial score (nSPS) is 26.0. The van der Waals surface area contributed by atoms with Crippen molar-refractivity contribution < 1.29 is 5.11 Å². The molecule has 0 saturated heterocycles. The van der Waals surface area contributed by atoms with E-state index in [0.29, 0.717) is 12.3 Å². The average molecular weight is 267 g/mol. The predicted octanol–water partition coefficient (Wildman–Crippen LogP) is 4.38. The molecule has 1 nitrogen and oxygen atoms in total. The van der Waals surface area contributed by atoms with E-state index >= 15 is 0 Å². The second-order valence-corrected chi connectivity index (χ2v) is 6.29. The zero-order chi connectivity index (χ0) is 13.1. The van der Waals surface area contributed by atoms with Gasteiger partial charge in [0.15, 0.2) is 0 Å². The second kappa shape index (κ2) is 6.08. The first-order valence-corrected chi connectivity index (χ1v) is 7.37. The van der Waals surface area contributed by atoms with Crippen molar-refractivity contribution in [2.24, 2.45) is 11.8 Å². The first-order valence-electron chi connectivity index (χ1n) is 6.99. The Bertz CT molecular complexity index is 394. The fourth-order valence-electron chi connectivity index (χ4n) is 2.88. The fraction of sp³-hybridized carbons (Fsp3) is 0.625. The Morgan fingerprint density at radius 1 is 1.28 bits per heavy atom. The lowest BCUT2D eigenvalue weighted by molar-refractivity contribution is 0.0761. The van der Waals surface area contributed by atoms with Gasteiger partial charge in [0.1, 0.15) is 0 Å². The molecule has 2 rings (SSSR count). The third-order valence-corrected chi connectivity index (χ3v) is 4.59. The van der Waals surface area contributed by atoms with Gasteiger partial charge in [0.05, 0.1) is 6.10 Å².